The van der Waals surface area contributed by atoms with E-state index < -0.39 is 0 Å². The molecule has 1 aromatic carbocycles. The van der Waals surface area contributed by atoms with Crippen molar-refractivity contribution in [3.8, 4) is 23.6 Å². The van der Waals surface area contributed by atoms with Gasteiger partial charge in [0.25, 0.3) is 0 Å². The first-order valence-electron chi connectivity index (χ1n) is 5.61. The van der Waals surface area contributed by atoms with Crippen LogP contribution in [0.3, 0.4) is 0 Å². The van der Waals surface area contributed by atoms with Gasteiger partial charge in [-0.1, -0.05) is 43.2 Å². The first-order valence-corrected chi connectivity index (χ1v) is 5.61. The molecule has 0 unspecified atom stereocenters. The molecule has 0 aliphatic heterocycles. The zero-order chi connectivity index (χ0) is 12.3. The van der Waals surface area contributed by atoms with Crippen molar-refractivity contribution in [3.63, 3.8) is 0 Å². The lowest BCUT2D eigenvalue weighted by atomic mass is 10.1. The predicted octanol–water partition coefficient (Wildman–Crippen LogP) is 2.33. The number of imidazole rings is 1. The topological polar surface area (TPSA) is 43.8 Å². The van der Waals surface area contributed by atoms with Crippen molar-refractivity contribution < 1.29 is 0 Å². The normalized spacial score (nSPS) is 10.1. The van der Waals surface area contributed by atoms with E-state index >= 15 is 0 Å². The van der Waals surface area contributed by atoms with Crippen LogP contribution in [0, 0.1) is 12.3 Å². The van der Waals surface area contributed by atoms with Crippen molar-refractivity contribution in [2.45, 2.75) is 19.9 Å². The van der Waals surface area contributed by atoms with Gasteiger partial charge in [0.15, 0.2) is 0 Å². The van der Waals surface area contributed by atoms with Crippen LogP contribution in [0.2, 0.25) is 0 Å². The number of terminal acetylenes is 1. The molecule has 0 spiro atoms. The largest absolute Gasteiger partial charge is 0.383 e. The standard InChI is InChI=1S/C14H15N3/c1-3-10-17-12(4-2)16-13(14(17)15)11-8-6-5-7-9-11/h1,5-9H,4,10,15H2,2H3. The minimum absolute atomic E-state index is 0.467. The molecule has 0 saturated carbocycles. The van der Waals surface area contributed by atoms with Crippen molar-refractivity contribution in [2.24, 2.45) is 0 Å². The fraction of sp³-hybridized carbons (Fsp3) is 0.214. The molecule has 3 nitrogen and oxygen atoms in total. The summed E-state index contributed by atoms with van der Waals surface area (Å²) in [6.45, 7) is 2.51. The molecule has 2 aromatic rings. The zero-order valence-corrected chi connectivity index (χ0v) is 9.85. The summed E-state index contributed by atoms with van der Waals surface area (Å²) in [6, 6.07) is 9.91. The Morgan fingerprint density at radius 3 is 2.65 bits per heavy atom. The van der Waals surface area contributed by atoms with Gasteiger partial charge in [0, 0.05) is 12.0 Å². The second kappa shape index (κ2) is 4.75. The van der Waals surface area contributed by atoms with Crippen molar-refractivity contribution in [1.82, 2.24) is 9.55 Å². The maximum absolute atomic E-state index is 6.10. The second-order valence-electron chi connectivity index (χ2n) is 3.77. The molecule has 1 aromatic heterocycles. The number of nitrogens with zero attached hydrogens (tertiary/aromatic N) is 2. The molecule has 0 saturated heterocycles. The molecular weight excluding hydrogens is 210 g/mol. The van der Waals surface area contributed by atoms with Gasteiger partial charge in [-0.05, 0) is 0 Å². The highest BCUT2D eigenvalue weighted by Gasteiger charge is 2.13. The fourth-order valence-corrected chi connectivity index (χ4v) is 1.86. The van der Waals surface area contributed by atoms with E-state index in [2.05, 4.69) is 10.9 Å². The summed E-state index contributed by atoms with van der Waals surface area (Å²) >= 11 is 0. The Labute approximate surface area is 101 Å². The number of aryl methyl sites for hydroxylation is 1. The van der Waals surface area contributed by atoms with Gasteiger partial charge in [0.1, 0.15) is 17.3 Å². The Bertz CT molecular complexity index is 547. The Kier molecular flexibility index (Phi) is 3.15. The lowest BCUT2D eigenvalue weighted by molar-refractivity contribution is 0.769. The number of nitrogen functional groups attached to an aromatic ring is 1. The van der Waals surface area contributed by atoms with Crippen molar-refractivity contribution in [3.05, 3.63) is 36.2 Å². The average Bonchev–Trinajstić information content (AvgIpc) is 2.69. The maximum Gasteiger partial charge on any atom is 0.132 e. The van der Waals surface area contributed by atoms with Gasteiger partial charge < -0.3 is 10.3 Å². The van der Waals surface area contributed by atoms with Gasteiger partial charge >= 0.3 is 0 Å². The second-order valence-corrected chi connectivity index (χ2v) is 3.77. The quantitative estimate of drug-likeness (QED) is 0.815. The highest BCUT2D eigenvalue weighted by Crippen LogP contribution is 2.26. The lowest BCUT2D eigenvalue weighted by Crippen LogP contribution is -2.05. The summed E-state index contributed by atoms with van der Waals surface area (Å²) < 4.78 is 1.89. The lowest BCUT2D eigenvalue weighted by Gasteiger charge is -2.03. The van der Waals surface area contributed by atoms with Crippen LogP contribution in [0.25, 0.3) is 11.3 Å². The Balaban J connectivity index is 2.54. The Morgan fingerprint density at radius 2 is 2.06 bits per heavy atom. The van der Waals surface area contributed by atoms with E-state index in [1.54, 1.807) is 0 Å². The summed E-state index contributed by atoms with van der Waals surface area (Å²) in [5, 5.41) is 0. The van der Waals surface area contributed by atoms with E-state index in [1.807, 2.05) is 41.8 Å². The molecular formula is C14H15N3. The molecule has 17 heavy (non-hydrogen) atoms. The van der Waals surface area contributed by atoms with E-state index in [0.29, 0.717) is 12.4 Å². The number of aromatic nitrogens is 2. The number of nitrogens with two attached hydrogens (primary N) is 1. The predicted molar refractivity (Wildman–Crippen MR) is 70.3 cm³/mol. The summed E-state index contributed by atoms with van der Waals surface area (Å²) in [5.41, 5.74) is 7.94. The van der Waals surface area contributed by atoms with Gasteiger partial charge in [-0.15, -0.1) is 6.42 Å². The van der Waals surface area contributed by atoms with Gasteiger partial charge in [-0.2, -0.15) is 0 Å². The third-order valence-electron chi connectivity index (χ3n) is 2.70. The van der Waals surface area contributed by atoms with E-state index in [4.69, 9.17) is 12.2 Å². The maximum atomic E-state index is 6.10. The van der Waals surface area contributed by atoms with Crippen LogP contribution in [0.1, 0.15) is 12.7 Å². The van der Waals surface area contributed by atoms with E-state index in [1.165, 1.54) is 0 Å². The molecule has 0 aliphatic rings. The molecule has 0 atom stereocenters. The van der Waals surface area contributed by atoms with Crippen molar-refractivity contribution >= 4 is 5.82 Å². The monoisotopic (exact) mass is 225 g/mol. The molecule has 0 fully saturated rings. The van der Waals surface area contributed by atoms with E-state index in [0.717, 1.165) is 23.5 Å². The van der Waals surface area contributed by atoms with Crippen LogP contribution in [0.4, 0.5) is 5.82 Å². The first-order chi connectivity index (χ1) is 8.27. The van der Waals surface area contributed by atoms with Gasteiger partial charge in [0.05, 0.1) is 6.54 Å². The average molecular weight is 225 g/mol. The SMILES string of the molecule is C#CCn1c(CC)nc(-c2ccccc2)c1N. The van der Waals surface area contributed by atoms with Crippen LogP contribution in [0.5, 0.6) is 0 Å². The third-order valence-corrected chi connectivity index (χ3v) is 2.70. The van der Waals surface area contributed by atoms with Crippen LogP contribution < -0.4 is 5.73 Å². The zero-order valence-electron chi connectivity index (χ0n) is 9.85. The molecule has 0 amide bonds. The molecule has 2 rings (SSSR count). The van der Waals surface area contributed by atoms with Crippen LogP contribution in [0.15, 0.2) is 30.3 Å². The molecule has 86 valence electrons. The van der Waals surface area contributed by atoms with Gasteiger partial charge in [-0.3, -0.25) is 0 Å². The van der Waals surface area contributed by atoms with E-state index in [-0.39, 0.29) is 0 Å². The number of hydrogen-bond donors (Lipinski definition) is 1. The molecule has 0 bridgehead atoms. The summed E-state index contributed by atoms with van der Waals surface area (Å²) in [4.78, 5) is 4.56. The van der Waals surface area contributed by atoms with Crippen molar-refractivity contribution in [2.75, 3.05) is 5.73 Å². The van der Waals surface area contributed by atoms with Gasteiger partial charge in [0.2, 0.25) is 0 Å². The Morgan fingerprint density at radius 1 is 1.35 bits per heavy atom. The molecule has 1 heterocycles. The summed E-state index contributed by atoms with van der Waals surface area (Å²) in [5.74, 6) is 4.18. The Hall–Kier alpha value is -2.21. The molecule has 3 heteroatoms. The minimum atomic E-state index is 0.467. The third kappa shape index (κ3) is 2.02. The molecule has 0 radical (unpaired) electrons. The van der Waals surface area contributed by atoms with Crippen LogP contribution in [-0.4, -0.2) is 9.55 Å². The fourth-order valence-electron chi connectivity index (χ4n) is 1.86. The summed E-state index contributed by atoms with van der Waals surface area (Å²) in [7, 11) is 0. The van der Waals surface area contributed by atoms with Crippen LogP contribution in [-0.2, 0) is 13.0 Å². The number of benzene rings is 1. The minimum Gasteiger partial charge on any atom is -0.383 e. The molecule has 0 aliphatic carbocycles. The number of anilines is 1. The highest BCUT2D eigenvalue weighted by atomic mass is 15.1. The first kappa shape index (κ1) is 11.3. The van der Waals surface area contributed by atoms with Crippen molar-refractivity contribution in [1.29, 1.82) is 0 Å². The molecule has 2 N–H and O–H groups in total. The van der Waals surface area contributed by atoms with E-state index in [9.17, 15) is 0 Å². The smallest absolute Gasteiger partial charge is 0.132 e. The number of rotatable bonds is 3. The van der Waals surface area contributed by atoms with Gasteiger partial charge in [-0.25, -0.2) is 4.98 Å². The van der Waals surface area contributed by atoms with Crippen LogP contribution >= 0.6 is 0 Å². The highest BCUT2D eigenvalue weighted by molar-refractivity contribution is 5.71. The number of hydrogen-bond acceptors (Lipinski definition) is 2. The summed E-state index contributed by atoms with van der Waals surface area (Å²) in [6.07, 6.45) is 6.16.